The summed E-state index contributed by atoms with van der Waals surface area (Å²) in [6.45, 7) is 2.60. The van der Waals surface area contributed by atoms with Gasteiger partial charge in [0, 0.05) is 12.1 Å². The zero-order valence-corrected chi connectivity index (χ0v) is 10.8. The van der Waals surface area contributed by atoms with E-state index in [4.69, 9.17) is 4.74 Å². The monoisotopic (exact) mass is 306 g/mol. The molecule has 8 heteroatoms. The van der Waals surface area contributed by atoms with Gasteiger partial charge in [-0.3, -0.25) is 0 Å². The molecule has 0 aromatic heterocycles. The first-order valence-electron chi connectivity index (χ1n) is 5.76. The van der Waals surface area contributed by atoms with Crippen molar-refractivity contribution in [1.82, 2.24) is 0 Å². The molecule has 0 amide bonds. The summed E-state index contributed by atoms with van der Waals surface area (Å²) in [4.78, 5) is 10.8. The molecule has 0 saturated carbocycles. The lowest BCUT2D eigenvalue weighted by molar-refractivity contribution is -0.274. The van der Waals surface area contributed by atoms with Crippen molar-refractivity contribution in [2.24, 2.45) is 0 Å². The standard InChI is InChI=1S/C13H13F3O5/c1-2-12(18)20-8-9(17)7-19-10-4-3-5-11(6-10)21-13(14,15)16/h2-6,9,17H,1,7-8H2. The Morgan fingerprint density at radius 1 is 1.33 bits per heavy atom. The number of ether oxygens (including phenoxy) is 3. The zero-order valence-electron chi connectivity index (χ0n) is 10.8. The van der Waals surface area contributed by atoms with E-state index in [1.807, 2.05) is 0 Å². The summed E-state index contributed by atoms with van der Waals surface area (Å²) in [5.74, 6) is -1.06. The average Bonchev–Trinajstić information content (AvgIpc) is 2.41. The number of halogens is 3. The molecule has 0 aliphatic carbocycles. The molecule has 116 valence electrons. The molecule has 1 unspecified atom stereocenters. The van der Waals surface area contributed by atoms with Gasteiger partial charge in [0.15, 0.2) is 0 Å². The van der Waals surface area contributed by atoms with E-state index >= 15 is 0 Å². The van der Waals surface area contributed by atoms with Crippen LogP contribution in [0.15, 0.2) is 36.9 Å². The van der Waals surface area contributed by atoms with Gasteiger partial charge >= 0.3 is 12.3 Å². The van der Waals surface area contributed by atoms with E-state index in [1.165, 1.54) is 12.1 Å². The van der Waals surface area contributed by atoms with Crippen LogP contribution in [-0.4, -0.2) is 36.8 Å². The SMILES string of the molecule is C=CC(=O)OCC(O)COc1cccc(OC(F)(F)F)c1. The van der Waals surface area contributed by atoms with Crippen molar-refractivity contribution < 1.29 is 37.3 Å². The molecule has 0 heterocycles. The molecular formula is C13H13F3O5. The molecule has 1 rings (SSSR count). The Balaban J connectivity index is 2.46. The number of hydrogen-bond acceptors (Lipinski definition) is 5. The van der Waals surface area contributed by atoms with Crippen molar-refractivity contribution in [3.05, 3.63) is 36.9 Å². The van der Waals surface area contributed by atoms with Crippen LogP contribution in [0, 0.1) is 0 Å². The first kappa shape index (κ1) is 16.8. The Morgan fingerprint density at radius 3 is 2.62 bits per heavy atom. The third-order valence-electron chi connectivity index (χ3n) is 2.07. The van der Waals surface area contributed by atoms with Crippen molar-refractivity contribution in [1.29, 1.82) is 0 Å². The highest BCUT2D eigenvalue weighted by atomic mass is 19.4. The minimum Gasteiger partial charge on any atom is -0.491 e. The third kappa shape index (κ3) is 7.21. The van der Waals surface area contributed by atoms with Gasteiger partial charge in [0.25, 0.3) is 0 Å². The van der Waals surface area contributed by atoms with Crippen molar-refractivity contribution in [3.63, 3.8) is 0 Å². The molecule has 0 saturated heterocycles. The van der Waals surface area contributed by atoms with Gasteiger partial charge in [-0.05, 0) is 12.1 Å². The van der Waals surface area contributed by atoms with Gasteiger partial charge in [0.2, 0.25) is 0 Å². The number of esters is 1. The molecule has 0 bridgehead atoms. The lowest BCUT2D eigenvalue weighted by Gasteiger charge is -2.13. The van der Waals surface area contributed by atoms with Gasteiger partial charge in [0.05, 0.1) is 0 Å². The number of aliphatic hydroxyl groups is 1. The van der Waals surface area contributed by atoms with Gasteiger partial charge in [-0.2, -0.15) is 0 Å². The number of carbonyl (C=O) groups is 1. The van der Waals surface area contributed by atoms with E-state index in [0.29, 0.717) is 0 Å². The van der Waals surface area contributed by atoms with Crippen LogP contribution in [0.3, 0.4) is 0 Å². The molecule has 0 radical (unpaired) electrons. The Labute approximate surface area is 118 Å². The van der Waals surface area contributed by atoms with E-state index in [9.17, 15) is 23.1 Å². The smallest absolute Gasteiger partial charge is 0.491 e. The molecule has 0 aliphatic heterocycles. The van der Waals surface area contributed by atoms with E-state index < -0.39 is 24.2 Å². The van der Waals surface area contributed by atoms with Crippen LogP contribution in [0.2, 0.25) is 0 Å². The molecule has 0 fully saturated rings. The third-order valence-corrected chi connectivity index (χ3v) is 2.07. The maximum Gasteiger partial charge on any atom is 0.573 e. The van der Waals surface area contributed by atoms with Gasteiger partial charge in [-0.15, -0.1) is 13.2 Å². The topological polar surface area (TPSA) is 65.0 Å². The minimum absolute atomic E-state index is 0.0749. The number of alkyl halides is 3. The molecule has 1 atom stereocenters. The predicted molar refractivity (Wildman–Crippen MR) is 65.8 cm³/mol. The number of hydrogen-bond donors (Lipinski definition) is 1. The highest BCUT2D eigenvalue weighted by Crippen LogP contribution is 2.26. The number of carbonyl (C=O) groups excluding carboxylic acids is 1. The van der Waals surface area contributed by atoms with Crippen LogP contribution in [-0.2, 0) is 9.53 Å². The predicted octanol–water partition coefficient (Wildman–Crippen LogP) is 2.05. The number of rotatable bonds is 7. The summed E-state index contributed by atoms with van der Waals surface area (Å²) >= 11 is 0. The second-order valence-corrected chi connectivity index (χ2v) is 3.82. The van der Waals surface area contributed by atoms with Crippen LogP contribution in [0.5, 0.6) is 11.5 Å². The quantitative estimate of drug-likeness (QED) is 0.617. The van der Waals surface area contributed by atoms with Crippen molar-refractivity contribution >= 4 is 5.97 Å². The number of benzene rings is 1. The Bertz CT molecular complexity index is 487. The van der Waals surface area contributed by atoms with E-state index in [0.717, 1.165) is 18.2 Å². The van der Waals surface area contributed by atoms with Crippen molar-refractivity contribution in [2.75, 3.05) is 13.2 Å². The molecule has 1 N–H and O–H groups in total. The van der Waals surface area contributed by atoms with E-state index in [2.05, 4.69) is 16.1 Å². The molecule has 0 spiro atoms. The van der Waals surface area contributed by atoms with Crippen LogP contribution in [0.1, 0.15) is 0 Å². The van der Waals surface area contributed by atoms with Gasteiger partial charge in [-0.1, -0.05) is 12.6 Å². The normalized spacial score (nSPS) is 12.4. The van der Waals surface area contributed by atoms with Crippen LogP contribution in [0.4, 0.5) is 13.2 Å². The number of aliphatic hydroxyl groups excluding tert-OH is 1. The fourth-order valence-corrected chi connectivity index (χ4v) is 1.24. The highest BCUT2D eigenvalue weighted by Gasteiger charge is 2.31. The molecule has 5 nitrogen and oxygen atoms in total. The minimum atomic E-state index is -4.79. The van der Waals surface area contributed by atoms with E-state index in [1.54, 1.807) is 0 Å². The Hall–Kier alpha value is -2.22. The maximum atomic E-state index is 12.0. The van der Waals surface area contributed by atoms with Crippen molar-refractivity contribution in [2.45, 2.75) is 12.5 Å². The molecule has 0 aliphatic rings. The lowest BCUT2D eigenvalue weighted by Crippen LogP contribution is -2.24. The summed E-state index contributed by atoms with van der Waals surface area (Å²) in [7, 11) is 0. The van der Waals surface area contributed by atoms with Crippen molar-refractivity contribution in [3.8, 4) is 11.5 Å². The summed E-state index contributed by atoms with van der Waals surface area (Å²) in [5.41, 5.74) is 0. The summed E-state index contributed by atoms with van der Waals surface area (Å²) < 4.78 is 49.5. The molecule has 21 heavy (non-hydrogen) atoms. The second kappa shape index (κ2) is 7.53. The maximum absolute atomic E-state index is 12.0. The fourth-order valence-electron chi connectivity index (χ4n) is 1.24. The van der Waals surface area contributed by atoms with Gasteiger partial charge in [-0.25, -0.2) is 4.79 Å². The van der Waals surface area contributed by atoms with Gasteiger partial charge in [0.1, 0.15) is 30.8 Å². The second-order valence-electron chi connectivity index (χ2n) is 3.82. The Morgan fingerprint density at radius 2 is 2.00 bits per heavy atom. The molecular weight excluding hydrogens is 293 g/mol. The van der Waals surface area contributed by atoms with Crippen LogP contribution >= 0.6 is 0 Å². The van der Waals surface area contributed by atoms with Crippen LogP contribution < -0.4 is 9.47 Å². The summed E-state index contributed by atoms with van der Waals surface area (Å²) in [5, 5.41) is 9.46. The van der Waals surface area contributed by atoms with E-state index in [-0.39, 0.29) is 19.0 Å². The molecule has 1 aromatic rings. The largest absolute Gasteiger partial charge is 0.573 e. The highest BCUT2D eigenvalue weighted by molar-refractivity contribution is 5.81. The lowest BCUT2D eigenvalue weighted by atomic mass is 10.3. The first-order valence-corrected chi connectivity index (χ1v) is 5.76. The van der Waals surface area contributed by atoms with Gasteiger partial charge < -0.3 is 19.3 Å². The summed E-state index contributed by atoms with van der Waals surface area (Å²) in [6.07, 6.45) is -4.98. The first-order chi connectivity index (χ1) is 9.80. The zero-order chi connectivity index (χ0) is 15.9. The average molecular weight is 306 g/mol. The summed E-state index contributed by atoms with van der Waals surface area (Å²) in [6, 6.07) is 4.84. The fraction of sp³-hybridized carbons (Fsp3) is 0.308. The Kier molecular flexibility index (Phi) is 6.04. The molecule has 1 aromatic carbocycles. The van der Waals surface area contributed by atoms with Crippen LogP contribution in [0.25, 0.3) is 0 Å².